The van der Waals surface area contributed by atoms with Crippen LogP contribution in [0.2, 0.25) is 0 Å². The number of thiophene rings is 1. The summed E-state index contributed by atoms with van der Waals surface area (Å²) in [5, 5.41) is 9.30. The van der Waals surface area contributed by atoms with E-state index >= 15 is 0 Å². The molecular weight excluding hydrogens is 621 g/mol. The van der Waals surface area contributed by atoms with E-state index < -0.39 is 0 Å². The lowest BCUT2D eigenvalue weighted by Gasteiger charge is -2.12. The third-order valence-corrected chi connectivity index (χ3v) is 10.9. The third-order valence-electron chi connectivity index (χ3n) is 9.65. The number of hydrogen-bond acceptors (Lipinski definition) is 5. The lowest BCUT2D eigenvalue weighted by molar-refractivity contribution is 0.669. The lowest BCUT2D eigenvalue weighted by atomic mass is 10.00. The van der Waals surface area contributed by atoms with E-state index in [-0.39, 0.29) is 0 Å². The van der Waals surface area contributed by atoms with E-state index in [1.165, 1.54) is 30.9 Å². The van der Waals surface area contributed by atoms with Crippen molar-refractivity contribution in [1.82, 2.24) is 19.5 Å². The van der Waals surface area contributed by atoms with Crippen molar-refractivity contribution in [3.05, 3.63) is 146 Å². The van der Waals surface area contributed by atoms with Crippen LogP contribution in [-0.2, 0) is 0 Å². The van der Waals surface area contributed by atoms with Gasteiger partial charge in [-0.05, 0) is 41.1 Å². The van der Waals surface area contributed by atoms with Crippen LogP contribution in [0.4, 0.5) is 0 Å². The maximum atomic E-state index is 6.63. The van der Waals surface area contributed by atoms with Gasteiger partial charge in [-0.3, -0.25) is 4.57 Å². The molecule has 6 heteroatoms. The third kappa shape index (κ3) is 3.83. The number of nitrogens with zero attached hydrogens (tertiary/aromatic N) is 4. The lowest BCUT2D eigenvalue weighted by Crippen LogP contribution is -2.06. The number of para-hydroxylation sites is 2. The van der Waals surface area contributed by atoms with Crippen molar-refractivity contribution in [2.45, 2.75) is 0 Å². The van der Waals surface area contributed by atoms with Gasteiger partial charge in [-0.2, -0.15) is 9.97 Å². The summed E-state index contributed by atoms with van der Waals surface area (Å²) in [6.07, 6.45) is 0. The van der Waals surface area contributed by atoms with Crippen LogP contribution in [0.3, 0.4) is 0 Å². The molecule has 0 bridgehead atoms. The Hall–Kier alpha value is -6.37. The zero-order valence-electron chi connectivity index (χ0n) is 26.0. The first-order valence-corrected chi connectivity index (χ1v) is 17.1. The molecule has 0 aliphatic carbocycles. The standard InChI is InChI=1S/C43H24N4OS/c1-2-12-25(13-3-1)41-44-42(32-24-26-14-4-5-15-27(26)37-31-18-7-10-20-35(31)48-39(32)37)46-43(45-41)47-33-19-9-6-17-30(33)38-34(47)23-22-29-28-16-8-11-21-36(28)49-40(29)38/h1-24H. The number of hydrogen-bond donors (Lipinski definition) is 0. The maximum absolute atomic E-state index is 6.63. The Kier molecular flexibility index (Phi) is 5.48. The smallest absolute Gasteiger partial charge is 0.238 e. The molecule has 0 atom stereocenters. The summed E-state index contributed by atoms with van der Waals surface area (Å²) >= 11 is 1.84. The molecule has 0 radical (unpaired) electrons. The van der Waals surface area contributed by atoms with Crippen LogP contribution in [0.5, 0.6) is 0 Å². The van der Waals surface area contributed by atoms with Gasteiger partial charge < -0.3 is 4.42 Å². The molecule has 0 N–H and O–H groups in total. The Labute approximate surface area is 283 Å². The second-order valence-electron chi connectivity index (χ2n) is 12.4. The normalized spacial score (nSPS) is 12.1. The number of benzene rings is 7. The van der Waals surface area contributed by atoms with E-state index in [0.717, 1.165) is 54.9 Å². The molecule has 5 nitrogen and oxygen atoms in total. The molecule has 49 heavy (non-hydrogen) atoms. The van der Waals surface area contributed by atoms with Gasteiger partial charge in [-0.15, -0.1) is 11.3 Å². The summed E-state index contributed by atoms with van der Waals surface area (Å²) in [5.74, 6) is 1.73. The van der Waals surface area contributed by atoms with Gasteiger partial charge in [0, 0.05) is 47.3 Å². The fraction of sp³-hybridized carbons (Fsp3) is 0. The van der Waals surface area contributed by atoms with E-state index in [9.17, 15) is 0 Å². The Morgan fingerprint density at radius 1 is 0.510 bits per heavy atom. The molecule has 228 valence electrons. The van der Waals surface area contributed by atoms with E-state index in [1.54, 1.807) is 0 Å². The van der Waals surface area contributed by atoms with Gasteiger partial charge >= 0.3 is 0 Å². The van der Waals surface area contributed by atoms with Crippen LogP contribution >= 0.6 is 11.3 Å². The maximum Gasteiger partial charge on any atom is 0.238 e. The quantitative estimate of drug-likeness (QED) is 0.192. The number of aromatic nitrogens is 4. The topological polar surface area (TPSA) is 56.7 Å². The van der Waals surface area contributed by atoms with Crippen LogP contribution < -0.4 is 0 Å². The van der Waals surface area contributed by atoms with Gasteiger partial charge in [0.1, 0.15) is 11.2 Å². The Morgan fingerprint density at radius 2 is 1.22 bits per heavy atom. The summed E-state index contributed by atoms with van der Waals surface area (Å²) in [4.78, 5) is 15.7. The Morgan fingerprint density at radius 3 is 2.12 bits per heavy atom. The minimum atomic E-state index is 0.563. The zero-order chi connectivity index (χ0) is 32.1. The predicted molar refractivity (Wildman–Crippen MR) is 203 cm³/mol. The van der Waals surface area contributed by atoms with Crippen molar-refractivity contribution in [1.29, 1.82) is 0 Å². The van der Waals surface area contributed by atoms with Gasteiger partial charge in [0.2, 0.25) is 5.95 Å². The summed E-state index contributed by atoms with van der Waals surface area (Å²) in [5.41, 5.74) is 5.46. The SMILES string of the molecule is c1ccc(-c2nc(-c3cc4ccccc4c4c3oc3ccccc34)nc(-n3c4ccccc4c4c5sc6ccccc6c5ccc43)n2)cc1. The highest BCUT2D eigenvalue weighted by Gasteiger charge is 2.23. The molecule has 11 aromatic rings. The first kappa shape index (κ1) is 26.7. The molecule has 0 spiro atoms. The minimum Gasteiger partial charge on any atom is -0.455 e. The largest absolute Gasteiger partial charge is 0.455 e. The van der Waals surface area contributed by atoms with Gasteiger partial charge in [-0.25, -0.2) is 4.98 Å². The molecule has 7 aromatic carbocycles. The molecule has 0 saturated heterocycles. The van der Waals surface area contributed by atoms with Crippen molar-refractivity contribution in [3.63, 3.8) is 0 Å². The minimum absolute atomic E-state index is 0.563. The molecule has 0 unspecified atom stereocenters. The molecule has 4 heterocycles. The number of fused-ring (bicyclic) bond motifs is 12. The predicted octanol–water partition coefficient (Wildman–Crippen LogP) is 11.7. The highest BCUT2D eigenvalue weighted by atomic mass is 32.1. The fourth-order valence-electron chi connectivity index (χ4n) is 7.49. The van der Waals surface area contributed by atoms with E-state index in [2.05, 4.69) is 108 Å². The monoisotopic (exact) mass is 644 g/mol. The molecule has 4 aromatic heterocycles. The van der Waals surface area contributed by atoms with Crippen molar-refractivity contribution >= 4 is 86.0 Å². The average Bonchev–Trinajstić information content (AvgIpc) is 3.84. The zero-order valence-corrected chi connectivity index (χ0v) is 26.8. The highest BCUT2D eigenvalue weighted by molar-refractivity contribution is 7.26. The van der Waals surface area contributed by atoms with Crippen LogP contribution in [0, 0.1) is 0 Å². The summed E-state index contributed by atoms with van der Waals surface area (Å²) in [7, 11) is 0. The van der Waals surface area contributed by atoms with Crippen molar-refractivity contribution in [3.8, 4) is 28.7 Å². The Bertz CT molecular complexity index is 3120. The average molecular weight is 645 g/mol. The van der Waals surface area contributed by atoms with Gasteiger partial charge in [-0.1, -0.05) is 115 Å². The van der Waals surface area contributed by atoms with Crippen LogP contribution in [0.15, 0.2) is 150 Å². The molecule has 11 rings (SSSR count). The van der Waals surface area contributed by atoms with Gasteiger partial charge in [0.05, 0.1) is 16.6 Å². The van der Waals surface area contributed by atoms with Crippen molar-refractivity contribution < 1.29 is 4.42 Å². The van der Waals surface area contributed by atoms with Crippen molar-refractivity contribution in [2.75, 3.05) is 0 Å². The molecule has 0 saturated carbocycles. The number of furan rings is 1. The van der Waals surface area contributed by atoms with Crippen LogP contribution in [0.25, 0.3) is 103 Å². The molecule has 0 aliphatic heterocycles. The highest BCUT2D eigenvalue weighted by Crippen LogP contribution is 2.44. The van der Waals surface area contributed by atoms with Crippen LogP contribution in [0.1, 0.15) is 0 Å². The Balaban J connectivity index is 1.27. The molecule has 0 fully saturated rings. The van der Waals surface area contributed by atoms with E-state index in [0.29, 0.717) is 17.6 Å². The number of rotatable bonds is 3. The molecular formula is C43H24N4OS. The first-order chi connectivity index (χ1) is 24.3. The molecule has 0 amide bonds. The first-order valence-electron chi connectivity index (χ1n) is 16.3. The summed E-state index contributed by atoms with van der Waals surface area (Å²) < 4.78 is 11.4. The summed E-state index contributed by atoms with van der Waals surface area (Å²) in [6, 6.07) is 50.6. The van der Waals surface area contributed by atoms with Crippen LogP contribution in [-0.4, -0.2) is 19.5 Å². The second kappa shape index (κ2) is 10.1. The second-order valence-corrected chi connectivity index (χ2v) is 13.4. The summed E-state index contributed by atoms with van der Waals surface area (Å²) in [6.45, 7) is 0. The van der Waals surface area contributed by atoms with Gasteiger partial charge in [0.25, 0.3) is 0 Å². The van der Waals surface area contributed by atoms with Gasteiger partial charge in [0.15, 0.2) is 11.6 Å². The fourth-order valence-corrected chi connectivity index (χ4v) is 8.75. The van der Waals surface area contributed by atoms with E-state index in [1.807, 2.05) is 53.8 Å². The molecule has 0 aliphatic rings. The van der Waals surface area contributed by atoms with Crippen molar-refractivity contribution in [2.24, 2.45) is 0 Å². The van der Waals surface area contributed by atoms with E-state index in [4.69, 9.17) is 19.4 Å².